The zero-order valence-corrected chi connectivity index (χ0v) is 16.4. The lowest BCUT2D eigenvalue weighted by Gasteiger charge is -2.39. The fraction of sp³-hybridized carbons (Fsp3) is 0.571. The van der Waals surface area contributed by atoms with E-state index in [0.29, 0.717) is 17.3 Å². The summed E-state index contributed by atoms with van der Waals surface area (Å²) in [4.78, 5) is 19.9. The number of carbonyl (C=O) groups is 1. The molecular formula is C21H28N4O. The molecule has 4 rings (SSSR count). The average molecular weight is 352 g/mol. The maximum Gasteiger partial charge on any atom is 0.254 e. The van der Waals surface area contributed by atoms with E-state index in [4.69, 9.17) is 0 Å². The third-order valence-corrected chi connectivity index (χ3v) is 6.02. The molecule has 1 amide bonds. The van der Waals surface area contributed by atoms with Crippen LogP contribution in [0.1, 0.15) is 56.2 Å². The van der Waals surface area contributed by atoms with E-state index < -0.39 is 0 Å². The SMILES string of the molecule is Cc1nc(-c2cccc(C(=O)N3C[C@]4(C)CC3CC(C)(C)C4)c2)nn1C. The van der Waals surface area contributed by atoms with Crippen LogP contribution in [-0.4, -0.2) is 38.2 Å². The van der Waals surface area contributed by atoms with Gasteiger partial charge in [0.05, 0.1) is 0 Å². The van der Waals surface area contributed by atoms with Gasteiger partial charge in [-0.25, -0.2) is 4.98 Å². The third-order valence-electron chi connectivity index (χ3n) is 6.02. The number of hydrogen-bond donors (Lipinski definition) is 0. The van der Waals surface area contributed by atoms with Gasteiger partial charge in [-0.3, -0.25) is 9.48 Å². The van der Waals surface area contributed by atoms with Gasteiger partial charge in [-0.15, -0.1) is 0 Å². The zero-order valence-electron chi connectivity index (χ0n) is 16.4. The summed E-state index contributed by atoms with van der Waals surface area (Å²) in [6.07, 6.45) is 3.41. The second kappa shape index (κ2) is 5.66. The summed E-state index contributed by atoms with van der Waals surface area (Å²) in [5, 5.41) is 4.44. The van der Waals surface area contributed by atoms with Gasteiger partial charge in [0.1, 0.15) is 5.82 Å². The fourth-order valence-corrected chi connectivity index (χ4v) is 5.24. The first-order chi connectivity index (χ1) is 12.2. The molecule has 1 unspecified atom stereocenters. The highest BCUT2D eigenvalue weighted by Crippen LogP contribution is 2.52. The second-order valence-corrected chi connectivity index (χ2v) is 9.33. The Morgan fingerprint density at radius 3 is 2.69 bits per heavy atom. The minimum Gasteiger partial charge on any atom is -0.335 e. The highest BCUT2D eigenvalue weighted by molar-refractivity contribution is 5.95. The summed E-state index contributed by atoms with van der Waals surface area (Å²) in [6, 6.07) is 8.11. The van der Waals surface area contributed by atoms with Crippen molar-refractivity contribution in [3.63, 3.8) is 0 Å². The number of fused-ring (bicyclic) bond motifs is 2. The van der Waals surface area contributed by atoms with Gasteiger partial charge in [0, 0.05) is 30.8 Å². The molecule has 138 valence electrons. The Morgan fingerprint density at radius 2 is 2.00 bits per heavy atom. The molecule has 2 aromatic rings. The smallest absolute Gasteiger partial charge is 0.254 e. The van der Waals surface area contributed by atoms with Gasteiger partial charge in [-0.2, -0.15) is 5.10 Å². The Kier molecular flexibility index (Phi) is 3.76. The van der Waals surface area contributed by atoms with Crippen LogP contribution in [0.15, 0.2) is 24.3 Å². The molecule has 2 aliphatic rings. The minimum atomic E-state index is 0.144. The molecule has 2 heterocycles. The molecule has 0 radical (unpaired) electrons. The van der Waals surface area contributed by atoms with Crippen LogP contribution < -0.4 is 0 Å². The van der Waals surface area contributed by atoms with Crippen LogP contribution in [0.2, 0.25) is 0 Å². The van der Waals surface area contributed by atoms with Gasteiger partial charge >= 0.3 is 0 Å². The van der Waals surface area contributed by atoms with Crippen LogP contribution in [-0.2, 0) is 7.05 Å². The van der Waals surface area contributed by atoms with Gasteiger partial charge in [0.25, 0.3) is 5.91 Å². The van der Waals surface area contributed by atoms with E-state index in [9.17, 15) is 4.79 Å². The van der Waals surface area contributed by atoms with Crippen LogP contribution in [0.25, 0.3) is 11.4 Å². The van der Waals surface area contributed by atoms with Crippen molar-refractivity contribution in [2.75, 3.05) is 6.54 Å². The van der Waals surface area contributed by atoms with Gasteiger partial charge in [0.2, 0.25) is 0 Å². The Labute approximate surface area is 155 Å². The first kappa shape index (κ1) is 17.3. The van der Waals surface area contributed by atoms with Crippen LogP contribution in [0.4, 0.5) is 0 Å². The van der Waals surface area contributed by atoms with E-state index in [1.165, 1.54) is 6.42 Å². The highest BCUT2D eigenvalue weighted by Gasteiger charge is 2.51. The van der Waals surface area contributed by atoms with Gasteiger partial charge in [-0.05, 0) is 49.1 Å². The lowest BCUT2D eigenvalue weighted by molar-refractivity contribution is 0.0708. The predicted octanol–water partition coefficient (Wildman–Crippen LogP) is 3.83. The Hall–Kier alpha value is -2.17. The third kappa shape index (κ3) is 2.93. The number of hydrogen-bond acceptors (Lipinski definition) is 3. The first-order valence-electron chi connectivity index (χ1n) is 9.45. The topological polar surface area (TPSA) is 51.0 Å². The molecule has 1 aromatic heterocycles. The highest BCUT2D eigenvalue weighted by atomic mass is 16.2. The molecule has 1 aliphatic heterocycles. The monoisotopic (exact) mass is 352 g/mol. The van der Waals surface area contributed by atoms with E-state index in [2.05, 4.69) is 35.8 Å². The predicted molar refractivity (Wildman–Crippen MR) is 102 cm³/mol. The standard InChI is InChI=1S/C21H28N4O/c1-14-22-18(23-24(14)5)15-7-6-8-16(9-15)19(26)25-13-21(4)11-17(25)10-20(2,3)12-21/h6-9,17H,10-13H2,1-5H3/t17?,21-/m1/s1. The van der Waals surface area contributed by atoms with E-state index in [1.807, 2.05) is 38.2 Å². The summed E-state index contributed by atoms with van der Waals surface area (Å²) in [5.41, 5.74) is 2.19. The molecule has 2 atom stereocenters. The molecule has 0 spiro atoms. The van der Waals surface area contributed by atoms with Gasteiger partial charge in [-0.1, -0.05) is 32.9 Å². The maximum atomic E-state index is 13.3. The zero-order chi connectivity index (χ0) is 18.7. The van der Waals surface area contributed by atoms with Crippen molar-refractivity contribution < 1.29 is 4.79 Å². The Morgan fingerprint density at radius 1 is 1.23 bits per heavy atom. The summed E-state index contributed by atoms with van der Waals surface area (Å²) in [7, 11) is 1.88. The number of likely N-dealkylation sites (tertiary alicyclic amines) is 1. The summed E-state index contributed by atoms with van der Waals surface area (Å²) in [6.45, 7) is 9.80. The molecule has 2 bridgehead atoms. The van der Waals surface area contributed by atoms with E-state index in [-0.39, 0.29) is 11.3 Å². The maximum absolute atomic E-state index is 13.3. The number of rotatable bonds is 2. The van der Waals surface area contributed by atoms with E-state index in [0.717, 1.165) is 36.3 Å². The van der Waals surface area contributed by atoms with Crippen molar-refractivity contribution in [2.24, 2.45) is 17.9 Å². The minimum absolute atomic E-state index is 0.144. The fourth-order valence-electron chi connectivity index (χ4n) is 5.24. The number of benzene rings is 1. The Balaban J connectivity index is 1.62. The van der Waals surface area contributed by atoms with E-state index >= 15 is 0 Å². The number of aryl methyl sites for hydroxylation is 2. The normalized spacial score (nSPS) is 27.0. The van der Waals surface area contributed by atoms with Crippen molar-refractivity contribution in [2.45, 2.75) is 53.0 Å². The molecule has 1 saturated heterocycles. The molecule has 5 heteroatoms. The van der Waals surface area contributed by atoms with Crippen LogP contribution >= 0.6 is 0 Å². The number of aromatic nitrogens is 3. The average Bonchev–Trinajstić information content (AvgIpc) is 3.02. The quantitative estimate of drug-likeness (QED) is 0.825. The molecule has 1 aromatic carbocycles. The van der Waals surface area contributed by atoms with Crippen LogP contribution in [0.5, 0.6) is 0 Å². The largest absolute Gasteiger partial charge is 0.335 e. The molecule has 26 heavy (non-hydrogen) atoms. The first-order valence-corrected chi connectivity index (χ1v) is 9.45. The summed E-state index contributed by atoms with van der Waals surface area (Å²) < 4.78 is 1.76. The van der Waals surface area contributed by atoms with Crippen LogP contribution in [0, 0.1) is 17.8 Å². The second-order valence-electron chi connectivity index (χ2n) is 9.33. The molecule has 0 N–H and O–H groups in total. The molecule has 1 aliphatic carbocycles. The number of nitrogens with zero attached hydrogens (tertiary/aromatic N) is 4. The number of amides is 1. The van der Waals surface area contributed by atoms with Crippen molar-refractivity contribution in [1.29, 1.82) is 0 Å². The summed E-state index contributed by atoms with van der Waals surface area (Å²) >= 11 is 0. The van der Waals surface area contributed by atoms with Gasteiger partial charge in [0.15, 0.2) is 5.82 Å². The van der Waals surface area contributed by atoms with Gasteiger partial charge < -0.3 is 4.90 Å². The molecule has 2 fully saturated rings. The number of carbonyl (C=O) groups excluding carboxylic acids is 1. The van der Waals surface area contributed by atoms with E-state index in [1.54, 1.807) is 4.68 Å². The molecule has 5 nitrogen and oxygen atoms in total. The lowest BCUT2D eigenvalue weighted by atomic mass is 9.65. The molecular weight excluding hydrogens is 324 g/mol. The van der Waals surface area contributed by atoms with Crippen molar-refractivity contribution in [1.82, 2.24) is 19.7 Å². The van der Waals surface area contributed by atoms with Crippen molar-refractivity contribution >= 4 is 5.91 Å². The van der Waals surface area contributed by atoms with Crippen LogP contribution in [0.3, 0.4) is 0 Å². The summed E-state index contributed by atoms with van der Waals surface area (Å²) in [5.74, 6) is 1.68. The molecule has 1 saturated carbocycles. The van der Waals surface area contributed by atoms with Crippen molar-refractivity contribution in [3.8, 4) is 11.4 Å². The Bertz CT molecular complexity index is 849. The lowest BCUT2D eigenvalue weighted by Crippen LogP contribution is -2.37. The van der Waals surface area contributed by atoms with Crippen molar-refractivity contribution in [3.05, 3.63) is 35.7 Å².